The quantitative estimate of drug-likeness (QED) is 0.189. The number of nitrogens with one attached hydrogen (secondary N) is 1. The van der Waals surface area contributed by atoms with E-state index in [0.717, 1.165) is 6.07 Å². The van der Waals surface area contributed by atoms with Crippen LogP contribution < -0.4 is 44.7 Å². The topological polar surface area (TPSA) is 140 Å². The Morgan fingerprint density at radius 3 is 2.41 bits per heavy atom. The molecule has 0 radical (unpaired) electrons. The monoisotopic (exact) mass is 595 g/mol. The zero-order valence-corrected chi connectivity index (χ0v) is 25.4. The number of anilines is 1. The molecule has 0 bridgehead atoms. The van der Waals surface area contributed by atoms with Gasteiger partial charge < -0.3 is 15.2 Å². The van der Waals surface area contributed by atoms with E-state index in [4.69, 9.17) is 27.9 Å². The summed E-state index contributed by atoms with van der Waals surface area (Å²) in [6.45, 7) is 1.80. The van der Waals surface area contributed by atoms with Gasteiger partial charge in [-0.2, -0.15) is 13.5 Å². The van der Waals surface area contributed by atoms with Gasteiger partial charge in [0.05, 0.1) is 23.5 Å². The van der Waals surface area contributed by atoms with Crippen molar-refractivity contribution in [3.8, 4) is 11.5 Å². The molecule has 0 saturated heterocycles. The van der Waals surface area contributed by atoms with Crippen LogP contribution >= 0.6 is 23.2 Å². The van der Waals surface area contributed by atoms with Gasteiger partial charge in [0.2, 0.25) is 0 Å². The molecular formula is C26H20Cl2N3NaO6S. The van der Waals surface area contributed by atoms with Crippen molar-refractivity contribution >= 4 is 67.1 Å². The van der Waals surface area contributed by atoms with Gasteiger partial charge in [-0.3, -0.25) is 9.35 Å². The van der Waals surface area contributed by atoms with Crippen molar-refractivity contribution in [3.63, 3.8) is 0 Å². The van der Waals surface area contributed by atoms with E-state index in [1.807, 2.05) is 0 Å². The number of nitrogens with zero attached hydrogens (tertiary/aromatic N) is 2. The first kappa shape index (κ1) is 30.8. The maximum absolute atomic E-state index is 13.5. The van der Waals surface area contributed by atoms with Gasteiger partial charge in [0.1, 0.15) is 16.3 Å². The van der Waals surface area contributed by atoms with Crippen molar-refractivity contribution in [2.24, 2.45) is 10.2 Å². The van der Waals surface area contributed by atoms with Crippen LogP contribution in [0.3, 0.4) is 0 Å². The molecule has 39 heavy (non-hydrogen) atoms. The van der Waals surface area contributed by atoms with Gasteiger partial charge in [0, 0.05) is 16.0 Å². The molecule has 196 valence electrons. The van der Waals surface area contributed by atoms with Gasteiger partial charge in [-0.15, -0.1) is 5.11 Å². The number of halogens is 2. The van der Waals surface area contributed by atoms with E-state index in [-0.39, 0.29) is 57.2 Å². The van der Waals surface area contributed by atoms with Crippen LogP contribution in [0.1, 0.15) is 22.8 Å². The molecule has 4 rings (SSSR count). The summed E-state index contributed by atoms with van der Waals surface area (Å²) in [4.78, 5) is 12.6. The summed E-state index contributed by atoms with van der Waals surface area (Å²) in [5.74, 6) is -1.18. The largest absolute Gasteiger partial charge is 1.00 e. The van der Waals surface area contributed by atoms with Gasteiger partial charge in [0.15, 0.2) is 0 Å². The second-order valence-corrected chi connectivity index (χ2v) is 10.2. The molecule has 1 amide bonds. The Morgan fingerprint density at radius 1 is 1.05 bits per heavy atom. The van der Waals surface area contributed by atoms with Crippen LogP contribution in [0.25, 0.3) is 10.8 Å². The first-order valence-electron chi connectivity index (χ1n) is 11.1. The third kappa shape index (κ3) is 6.55. The van der Waals surface area contributed by atoms with E-state index < -0.39 is 26.7 Å². The molecule has 0 atom stereocenters. The van der Waals surface area contributed by atoms with E-state index >= 15 is 0 Å². The molecule has 0 aliphatic heterocycles. The summed E-state index contributed by atoms with van der Waals surface area (Å²) < 4.78 is 38.8. The number of methoxy groups -OCH3 is 1. The van der Waals surface area contributed by atoms with Crippen LogP contribution in [0.15, 0.2) is 75.8 Å². The predicted molar refractivity (Wildman–Crippen MR) is 144 cm³/mol. The van der Waals surface area contributed by atoms with Crippen molar-refractivity contribution in [3.05, 3.63) is 81.8 Å². The molecule has 0 aliphatic carbocycles. The van der Waals surface area contributed by atoms with Gasteiger partial charge in [-0.05, 0) is 47.7 Å². The normalized spacial score (nSPS) is 11.4. The SMILES string of the molecule is CCc1ccc(S(=O)(=O)O)c(N=Nc2c([O-])c(C(=O)Nc3cc(Cl)ccc3OC)cc3ccccc23)c1Cl.[Na+]. The van der Waals surface area contributed by atoms with E-state index in [9.17, 15) is 22.9 Å². The van der Waals surface area contributed by atoms with Crippen molar-refractivity contribution in [2.75, 3.05) is 12.4 Å². The fraction of sp³-hybridized carbons (Fsp3) is 0.115. The summed E-state index contributed by atoms with van der Waals surface area (Å²) in [5, 5.41) is 25.3. The van der Waals surface area contributed by atoms with Gasteiger partial charge in [0.25, 0.3) is 16.0 Å². The fourth-order valence-corrected chi connectivity index (χ4v) is 5.00. The third-order valence-electron chi connectivity index (χ3n) is 5.70. The molecule has 0 unspecified atom stereocenters. The van der Waals surface area contributed by atoms with Crippen LogP contribution in [0.5, 0.6) is 11.5 Å². The van der Waals surface area contributed by atoms with E-state index in [1.54, 1.807) is 43.3 Å². The number of aryl methyl sites for hydroxylation is 1. The molecule has 0 fully saturated rings. The summed E-state index contributed by atoms with van der Waals surface area (Å²) >= 11 is 12.4. The van der Waals surface area contributed by atoms with E-state index in [2.05, 4.69) is 15.5 Å². The predicted octanol–water partition coefficient (Wildman–Crippen LogP) is 3.71. The Labute approximate surface area is 256 Å². The first-order chi connectivity index (χ1) is 18.0. The number of rotatable bonds is 7. The Hall–Kier alpha value is -2.70. The number of hydrogen-bond donors (Lipinski definition) is 2. The summed E-state index contributed by atoms with van der Waals surface area (Å²) in [6.07, 6.45) is 0.450. The van der Waals surface area contributed by atoms with E-state index in [1.165, 1.54) is 25.3 Å². The maximum atomic E-state index is 13.5. The number of amides is 1. The first-order valence-corrected chi connectivity index (χ1v) is 13.3. The number of ether oxygens (including phenoxy) is 1. The van der Waals surface area contributed by atoms with Gasteiger partial charge >= 0.3 is 29.6 Å². The van der Waals surface area contributed by atoms with Crippen molar-refractivity contribution in [2.45, 2.75) is 18.2 Å². The minimum absolute atomic E-state index is 0. The number of benzene rings is 4. The number of fused-ring (bicyclic) bond motifs is 1. The van der Waals surface area contributed by atoms with Gasteiger partial charge in [-0.1, -0.05) is 66.2 Å². The summed E-state index contributed by atoms with van der Waals surface area (Å²) in [7, 11) is -3.28. The van der Waals surface area contributed by atoms with Crippen LogP contribution in [-0.4, -0.2) is 26.0 Å². The molecule has 0 saturated carbocycles. The van der Waals surface area contributed by atoms with E-state index in [0.29, 0.717) is 33.5 Å². The number of azo groups is 1. The smallest absolute Gasteiger partial charge is 0.870 e. The van der Waals surface area contributed by atoms with Crippen molar-refractivity contribution in [1.82, 2.24) is 0 Å². The molecule has 13 heteroatoms. The van der Waals surface area contributed by atoms with Crippen LogP contribution in [0.2, 0.25) is 10.0 Å². The zero-order valence-electron chi connectivity index (χ0n) is 21.0. The molecule has 0 aliphatic rings. The minimum Gasteiger partial charge on any atom is -0.870 e. The molecule has 0 aromatic heterocycles. The second kappa shape index (κ2) is 12.6. The van der Waals surface area contributed by atoms with Gasteiger partial charge in [-0.25, -0.2) is 0 Å². The van der Waals surface area contributed by atoms with Crippen LogP contribution in [0, 0.1) is 0 Å². The van der Waals surface area contributed by atoms with Crippen molar-refractivity contribution < 1.29 is 57.2 Å². The average Bonchev–Trinajstić information content (AvgIpc) is 2.87. The average molecular weight is 596 g/mol. The third-order valence-corrected chi connectivity index (χ3v) is 7.24. The molecule has 9 nitrogen and oxygen atoms in total. The summed E-state index contributed by atoms with van der Waals surface area (Å²) in [5.41, 5.74) is 0.0229. The fourth-order valence-electron chi connectivity index (χ4n) is 3.81. The standard InChI is InChI=1S/C26H21Cl2N3O6S.Na/c1-3-14-8-11-21(38(34,35)36)24(22(14)28)31-30-23-17-7-5-4-6-15(17)12-18(25(23)32)26(33)29-19-13-16(27)9-10-20(19)37-2;/h4-13,32H,3H2,1-2H3,(H,29,33)(H,34,35,36);/q;+1/p-1. The number of carbonyl (C=O) groups is 1. The number of hydrogen-bond acceptors (Lipinski definition) is 7. The second-order valence-electron chi connectivity index (χ2n) is 8.04. The molecule has 2 N–H and O–H groups in total. The Kier molecular flexibility index (Phi) is 10.0. The molecule has 4 aromatic rings. The molecular weight excluding hydrogens is 576 g/mol. The summed E-state index contributed by atoms with van der Waals surface area (Å²) in [6, 6.07) is 15.3. The Bertz CT molecular complexity index is 1710. The minimum atomic E-state index is -4.71. The van der Waals surface area contributed by atoms with Crippen LogP contribution in [0.4, 0.5) is 17.1 Å². The molecule has 0 spiro atoms. The van der Waals surface area contributed by atoms with Crippen LogP contribution in [-0.2, 0) is 16.5 Å². The van der Waals surface area contributed by atoms with Crippen molar-refractivity contribution in [1.29, 1.82) is 0 Å². The Morgan fingerprint density at radius 2 is 1.74 bits per heavy atom. The number of carbonyl (C=O) groups excluding carboxylic acids is 1. The molecule has 0 heterocycles. The maximum Gasteiger partial charge on any atom is 1.00 e. The molecule has 4 aromatic carbocycles. The Balaban J connectivity index is 0.00000420. The zero-order chi connectivity index (χ0) is 27.6.